The fraction of sp³-hybridized carbons (Fsp3) is 0.125. The first-order valence-electron chi connectivity index (χ1n) is 6.50. The van der Waals surface area contributed by atoms with Gasteiger partial charge in [0.2, 0.25) is 0 Å². The Hall–Kier alpha value is -2.22. The molecule has 0 saturated carbocycles. The minimum Gasteiger partial charge on any atom is -0.478 e. The lowest BCUT2D eigenvalue weighted by Crippen LogP contribution is -2.07. The number of nitrogens with one attached hydrogen (secondary N) is 1. The summed E-state index contributed by atoms with van der Waals surface area (Å²) < 4.78 is 5.32. The largest absolute Gasteiger partial charge is 0.478 e. The smallest absolute Gasteiger partial charge is 0.174 e. The third-order valence-corrected chi connectivity index (χ3v) is 3.53. The summed E-state index contributed by atoms with van der Waals surface area (Å²) >= 11 is 12.2. The third kappa shape index (κ3) is 4.39. The second kappa shape index (κ2) is 8.28. The monoisotopic (exact) mass is 333 g/mol. The molecule has 0 aromatic heterocycles. The number of hydrazone groups is 1. The van der Waals surface area contributed by atoms with Gasteiger partial charge in [-0.2, -0.15) is 10.4 Å². The van der Waals surface area contributed by atoms with Crippen LogP contribution in [0.4, 0.5) is 0 Å². The van der Waals surface area contributed by atoms with Crippen LogP contribution in [0.5, 0.6) is 5.75 Å². The maximum atomic E-state index is 8.56. The van der Waals surface area contributed by atoms with Gasteiger partial charge in [-0.25, -0.2) is 0 Å². The molecule has 0 fully saturated rings. The number of halogens is 2. The highest BCUT2D eigenvalue weighted by Gasteiger charge is 2.04. The average Bonchev–Trinajstić information content (AvgIpc) is 2.52. The first-order chi connectivity index (χ1) is 10.7. The van der Waals surface area contributed by atoms with Crippen LogP contribution in [0.3, 0.4) is 0 Å². The Morgan fingerprint density at radius 3 is 2.59 bits per heavy atom. The fourth-order valence-electron chi connectivity index (χ4n) is 1.77. The van der Waals surface area contributed by atoms with E-state index >= 15 is 0 Å². The van der Waals surface area contributed by atoms with Crippen LogP contribution in [-0.4, -0.2) is 12.8 Å². The topological polar surface area (TPSA) is 57.4 Å². The van der Waals surface area contributed by atoms with Crippen molar-refractivity contribution in [2.45, 2.75) is 6.54 Å². The standard InChI is InChI=1S/C16H13Cl2N3O/c17-14-5-3-6-15(18)13(14)11-21-20-10-12-4-1-2-7-16(12)22-9-8-19/h1-7,10,21H,9,11H2/b20-10-. The number of rotatable bonds is 6. The van der Waals surface area contributed by atoms with Crippen LogP contribution in [0, 0.1) is 11.3 Å². The first kappa shape index (κ1) is 16.2. The number of para-hydroxylation sites is 1. The van der Waals surface area contributed by atoms with Gasteiger partial charge in [0.15, 0.2) is 6.61 Å². The molecule has 0 atom stereocenters. The van der Waals surface area contributed by atoms with Crippen LogP contribution in [0.15, 0.2) is 47.6 Å². The lowest BCUT2D eigenvalue weighted by molar-refractivity contribution is 0.367. The van der Waals surface area contributed by atoms with Crippen LogP contribution < -0.4 is 10.2 Å². The van der Waals surface area contributed by atoms with E-state index < -0.39 is 0 Å². The molecule has 2 aromatic carbocycles. The summed E-state index contributed by atoms with van der Waals surface area (Å²) in [7, 11) is 0. The van der Waals surface area contributed by atoms with Gasteiger partial charge in [-0.3, -0.25) is 0 Å². The lowest BCUT2D eigenvalue weighted by Gasteiger charge is -2.07. The Morgan fingerprint density at radius 2 is 1.86 bits per heavy atom. The molecule has 1 N–H and O–H groups in total. The summed E-state index contributed by atoms with van der Waals surface area (Å²) in [5.74, 6) is 0.602. The number of ether oxygens (including phenoxy) is 1. The summed E-state index contributed by atoms with van der Waals surface area (Å²) in [6.45, 7) is 0.406. The Kier molecular flexibility index (Phi) is 6.08. The van der Waals surface area contributed by atoms with Crippen LogP contribution in [0.2, 0.25) is 10.0 Å². The van der Waals surface area contributed by atoms with Crippen molar-refractivity contribution in [2.24, 2.45) is 5.10 Å². The Bertz CT molecular complexity index is 691. The fourth-order valence-corrected chi connectivity index (χ4v) is 2.30. The van der Waals surface area contributed by atoms with Crippen LogP contribution >= 0.6 is 23.2 Å². The van der Waals surface area contributed by atoms with E-state index in [2.05, 4.69) is 10.5 Å². The summed E-state index contributed by atoms with van der Waals surface area (Å²) in [4.78, 5) is 0. The van der Waals surface area contributed by atoms with Crippen molar-refractivity contribution >= 4 is 29.4 Å². The maximum Gasteiger partial charge on any atom is 0.174 e. The van der Waals surface area contributed by atoms with Crippen LogP contribution in [0.1, 0.15) is 11.1 Å². The molecule has 6 heteroatoms. The summed E-state index contributed by atoms with van der Waals surface area (Å²) in [5.41, 5.74) is 4.46. The molecule has 4 nitrogen and oxygen atoms in total. The molecule has 0 spiro atoms. The molecule has 0 aliphatic carbocycles. The SMILES string of the molecule is N#CCOc1ccccc1/C=N\NCc1c(Cl)cccc1Cl. The molecule has 0 radical (unpaired) electrons. The highest BCUT2D eigenvalue weighted by Crippen LogP contribution is 2.23. The van der Waals surface area contributed by atoms with E-state index in [1.54, 1.807) is 30.5 Å². The van der Waals surface area contributed by atoms with Gasteiger partial charge in [0.1, 0.15) is 11.8 Å². The van der Waals surface area contributed by atoms with Gasteiger partial charge in [0, 0.05) is 21.2 Å². The van der Waals surface area contributed by atoms with E-state index in [1.165, 1.54) is 0 Å². The Morgan fingerprint density at radius 1 is 1.14 bits per heavy atom. The molecular weight excluding hydrogens is 321 g/mol. The highest BCUT2D eigenvalue weighted by atomic mass is 35.5. The Balaban J connectivity index is 2.00. The molecule has 0 aliphatic heterocycles. The van der Waals surface area contributed by atoms with Gasteiger partial charge >= 0.3 is 0 Å². The summed E-state index contributed by atoms with van der Waals surface area (Å²) in [6.07, 6.45) is 1.62. The number of nitrogens with zero attached hydrogens (tertiary/aromatic N) is 2. The predicted octanol–water partition coefficient (Wildman–Crippen LogP) is 4.02. The molecule has 0 unspecified atom stereocenters. The first-order valence-corrected chi connectivity index (χ1v) is 7.25. The van der Waals surface area contributed by atoms with E-state index in [0.717, 1.165) is 11.1 Å². The zero-order valence-electron chi connectivity index (χ0n) is 11.6. The summed E-state index contributed by atoms with van der Waals surface area (Å²) in [5, 5.41) is 13.9. The molecule has 0 aliphatic rings. The van der Waals surface area contributed by atoms with Gasteiger partial charge in [0.05, 0.1) is 12.8 Å². The van der Waals surface area contributed by atoms with Gasteiger partial charge in [0.25, 0.3) is 0 Å². The number of nitriles is 1. The van der Waals surface area contributed by atoms with Crippen molar-refractivity contribution in [1.29, 1.82) is 5.26 Å². The normalized spacial score (nSPS) is 10.4. The number of benzene rings is 2. The van der Waals surface area contributed by atoms with Crippen LogP contribution in [-0.2, 0) is 6.54 Å². The molecule has 0 saturated heterocycles. The second-order valence-electron chi connectivity index (χ2n) is 4.28. The minimum absolute atomic E-state index is 0.00644. The van der Waals surface area contributed by atoms with E-state index in [-0.39, 0.29) is 6.61 Å². The van der Waals surface area contributed by atoms with Gasteiger partial charge in [-0.15, -0.1) is 0 Å². The quantitative estimate of drug-likeness (QED) is 0.641. The van der Waals surface area contributed by atoms with Crippen molar-refractivity contribution in [1.82, 2.24) is 5.43 Å². The molecular formula is C16H13Cl2N3O. The lowest BCUT2D eigenvalue weighted by atomic mass is 10.2. The van der Waals surface area contributed by atoms with Crippen LogP contribution in [0.25, 0.3) is 0 Å². The van der Waals surface area contributed by atoms with E-state index in [1.807, 2.05) is 24.3 Å². The van der Waals surface area contributed by atoms with E-state index in [9.17, 15) is 0 Å². The zero-order valence-corrected chi connectivity index (χ0v) is 13.1. The Labute approximate surface area is 138 Å². The number of hydrogen-bond donors (Lipinski definition) is 1. The van der Waals surface area contributed by atoms with Crippen molar-refractivity contribution in [3.8, 4) is 11.8 Å². The van der Waals surface area contributed by atoms with Crippen molar-refractivity contribution in [3.63, 3.8) is 0 Å². The average molecular weight is 334 g/mol. The van der Waals surface area contributed by atoms with Gasteiger partial charge < -0.3 is 10.2 Å². The van der Waals surface area contributed by atoms with Crippen molar-refractivity contribution < 1.29 is 4.74 Å². The van der Waals surface area contributed by atoms with E-state index in [0.29, 0.717) is 22.3 Å². The minimum atomic E-state index is -0.00644. The zero-order chi connectivity index (χ0) is 15.8. The maximum absolute atomic E-state index is 8.56. The van der Waals surface area contributed by atoms with E-state index in [4.69, 9.17) is 33.2 Å². The second-order valence-corrected chi connectivity index (χ2v) is 5.09. The predicted molar refractivity (Wildman–Crippen MR) is 88.4 cm³/mol. The molecule has 2 aromatic rings. The highest BCUT2D eigenvalue weighted by molar-refractivity contribution is 6.35. The van der Waals surface area contributed by atoms with Crippen molar-refractivity contribution in [2.75, 3.05) is 6.61 Å². The molecule has 0 amide bonds. The van der Waals surface area contributed by atoms with Crippen molar-refractivity contribution in [3.05, 3.63) is 63.6 Å². The molecule has 0 bridgehead atoms. The molecule has 2 rings (SSSR count). The molecule has 112 valence electrons. The van der Waals surface area contributed by atoms with Gasteiger partial charge in [-0.05, 0) is 24.3 Å². The van der Waals surface area contributed by atoms with Gasteiger partial charge in [-0.1, -0.05) is 41.4 Å². The number of hydrogen-bond acceptors (Lipinski definition) is 4. The third-order valence-electron chi connectivity index (χ3n) is 2.82. The molecule has 22 heavy (non-hydrogen) atoms. The summed E-state index contributed by atoms with van der Waals surface area (Å²) in [6, 6.07) is 14.6. The molecule has 0 heterocycles.